The summed E-state index contributed by atoms with van der Waals surface area (Å²) in [6.45, 7) is 4.69. The van der Waals surface area contributed by atoms with Gasteiger partial charge in [-0.15, -0.1) is 0 Å². The predicted molar refractivity (Wildman–Crippen MR) is 99.7 cm³/mol. The lowest BCUT2D eigenvalue weighted by Crippen LogP contribution is -2.13. The Morgan fingerprint density at radius 2 is 1.84 bits per heavy atom. The number of benzene rings is 1. The van der Waals surface area contributed by atoms with Crippen molar-refractivity contribution in [2.75, 3.05) is 10.6 Å². The Morgan fingerprint density at radius 1 is 0.960 bits per heavy atom. The quantitative estimate of drug-likeness (QED) is 0.742. The molecule has 0 atom stereocenters. The molecule has 0 saturated carbocycles. The lowest BCUT2D eigenvalue weighted by molar-refractivity contribution is 0.102. The van der Waals surface area contributed by atoms with Gasteiger partial charge in [0.05, 0.1) is 11.3 Å². The van der Waals surface area contributed by atoms with Crippen LogP contribution in [-0.2, 0) is 6.54 Å². The van der Waals surface area contributed by atoms with Gasteiger partial charge in [0.1, 0.15) is 0 Å². The van der Waals surface area contributed by atoms with Crippen LogP contribution in [0.5, 0.6) is 0 Å². The molecule has 1 aromatic carbocycles. The molecule has 0 bridgehead atoms. The minimum Gasteiger partial charge on any atom is -0.380 e. The number of nitrogens with zero attached hydrogens (tertiary/aromatic N) is 2. The molecule has 3 rings (SSSR count). The van der Waals surface area contributed by atoms with Gasteiger partial charge in [0.15, 0.2) is 0 Å². The SMILES string of the molecule is Cc1ccc(NC(=O)c2cncc(NCc3cccnc3)c2)cc1C. The summed E-state index contributed by atoms with van der Waals surface area (Å²) in [6, 6.07) is 11.5. The molecular weight excluding hydrogens is 312 g/mol. The summed E-state index contributed by atoms with van der Waals surface area (Å²) in [6.07, 6.45) is 6.80. The molecule has 126 valence electrons. The Hall–Kier alpha value is -3.21. The molecule has 25 heavy (non-hydrogen) atoms. The largest absolute Gasteiger partial charge is 0.380 e. The summed E-state index contributed by atoms with van der Waals surface area (Å²) in [5.74, 6) is -0.180. The molecule has 2 N–H and O–H groups in total. The zero-order valence-electron chi connectivity index (χ0n) is 14.3. The number of pyridine rings is 2. The van der Waals surface area contributed by atoms with E-state index in [1.807, 2.05) is 44.2 Å². The van der Waals surface area contributed by atoms with Crippen molar-refractivity contribution < 1.29 is 4.79 Å². The lowest BCUT2D eigenvalue weighted by Gasteiger charge is -2.10. The summed E-state index contributed by atoms with van der Waals surface area (Å²) in [4.78, 5) is 20.7. The summed E-state index contributed by atoms with van der Waals surface area (Å²) >= 11 is 0. The smallest absolute Gasteiger partial charge is 0.257 e. The molecule has 0 radical (unpaired) electrons. The first-order valence-corrected chi connectivity index (χ1v) is 8.08. The molecule has 0 aliphatic carbocycles. The molecule has 0 spiro atoms. The number of amides is 1. The Morgan fingerprint density at radius 3 is 2.60 bits per heavy atom. The summed E-state index contributed by atoms with van der Waals surface area (Å²) in [5, 5.41) is 6.16. The van der Waals surface area contributed by atoms with Crippen molar-refractivity contribution in [1.29, 1.82) is 0 Å². The summed E-state index contributed by atoms with van der Waals surface area (Å²) in [7, 11) is 0. The van der Waals surface area contributed by atoms with E-state index in [1.54, 1.807) is 30.9 Å². The number of carbonyl (C=O) groups excluding carboxylic acids is 1. The molecule has 0 aliphatic heterocycles. The maximum atomic E-state index is 12.4. The minimum atomic E-state index is -0.180. The van der Waals surface area contributed by atoms with Crippen molar-refractivity contribution >= 4 is 17.3 Å². The second kappa shape index (κ2) is 7.57. The number of aromatic nitrogens is 2. The highest BCUT2D eigenvalue weighted by molar-refractivity contribution is 6.04. The van der Waals surface area contributed by atoms with E-state index in [1.165, 1.54) is 5.56 Å². The van der Waals surface area contributed by atoms with Gasteiger partial charge in [0.25, 0.3) is 5.91 Å². The molecular formula is C20H20N4O. The van der Waals surface area contributed by atoms with E-state index in [2.05, 4.69) is 20.6 Å². The van der Waals surface area contributed by atoms with Crippen LogP contribution in [0.4, 0.5) is 11.4 Å². The van der Waals surface area contributed by atoms with E-state index in [4.69, 9.17) is 0 Å². The Labute approximate surface area is 147 Å². The fourth-order valence-corrected chi connectivity index (χ4v) is 2.39. The Kier molecular flexibility index (Phi) is 5.04. The first kappa shape index (κ1) is 16.6. The number of hydrogen-bond donors (Lipinski definition) is 2. The van der Waals surface area contributed by atoms with Crippen LogP contribution in [0.3, 0.4) is 0 Å². The third-order valence-corrected chi connectivity index (χ3v) is 3.98. The normalized spacial score (nSPS) is 10.3. The molecule has 2 aromatic heterocycles. The van der Waals surface area contributed by atoms with Gasteiger partial charge >= 0.3 is 0 Å². The molecule has 1 amide bonds. The van der Waals surface area contributed by atoms with Crippen LogP contribution in [0.25, 0.3) is 0 Å². The van der Waals surface area contributed by atoms with Gasteiger partial charge in [-0.3, -0.25) is 14.8 Å². The molecule has 0 saturated heterocycles. The van der Waals surface area contributed by atoms with E-state index in [9.17, 15) is 4.79 Å². The van der Waals surface area contributed by atoms with Crippen molar-refractivity contribution in [3.8, 4) is 0 Å². The van der Waals surface area contributed by atoms with Gasteiger partial charge < -0.3 is 10.6 Å². The number of anilines is 2. The predicted octanol–water partition coefficient (Wildman–Crippen LogP) is 3.96. The molecule has 2 heterocycles. The van der Waals surface area contributed by atoms with Crippen LogP contribution >= 0.6 is 0 Å². The van der Waals surface area contributed by atoms with Crippen LogP contribution in [0, 0.1) is 13.8 Å². The molecule has 5 nitrogen and oxygen atoms in total. The third-order valence-electron chi connectivity index (χ3n) is 3.98. The second-order valence-electron chi connectivity index (χ2n) is 5.93. The first-order chi connectivity index (χ1) is 12.1. The standard InChI is InChI=1S/C20H20N4O/c1-14-5-6-18(8-15(14)2)24-20(25)17-9-19(13-22-12-17)23-11-16-4-3-7-21-10-16/h3-10,12-13,23H,11H2,1-2H3,(H,24,25). The van der Waals surface area contributed by atoms with Crippen LogP contribution in [-0.4, -0.2) is 15.9 Å². The maximum absolute atomic E-state index is 12.4. The summed E-state index contributed by atoms with van der Waals surface area (Å²) in [5.41, 5.74) is 5.48. The molecule has 0 fully saturated rings. The van der Waals surface area contributed by atoms with Crippen LogP contribution < -0.4 is 10.6 Å². The van der Waals surface area contributed by atoms with Crippen molar-refractivity contribution in [3.63, 3.8) is 0 Å². The van der Waals surface area contributed by atoms with E-state index < -0.39 is 0 Å². The molecule has 3 aromatic rings. The fraction of sp³-hybridized carbons (Fsp3) is 0.150. The first-order valence-electron chi connectivity index (χ1n) is 8.08. The highest BCUT2D eigenvalue weighted by Gasteiger charge is 2.08. The molecule has 5 heteroatoms. The van der Waals surface area contributed by atoms with Gasteiger partial charge in [-0.1, -0.05) is 12.1 Å². The average molecular weight is 332 g/mol. The zero-order chi connectivity index (χ0) is 17.6. The Balaban J connectivity index is 1.67. The van der Waals surface area contributed by atoms with E-state index >= 15 is 0 Å². The molecule has 0 unspecified atom stereocenters. The van der Waals surface area contributed by atoms with Gasteiger partial charge in [0, 0.05) is 37.0 Å². The van der Waals surface area contributed by atoms with Crippen LogP contribution in [0.15, 0.2) is 61.2 Å². The van der Waals surface area contributed by atoms with Crippen molar-refractivity contribution in [3.05, 3.63) is 83.4 Å². The van der Waals surface area contributed by atoms with Crippen LogP contribution in [0.2, 0.25) is 0 Å². The second-order valence-corrected chi connectivity index (χ2v) is 5.93. The number of carbonyl (C=O) groups is 1. The monoisotopic (exact) mass is 332 g/mol. The third kappa shape index (κ3) is 4.41. The number of nitrogens with one attached hydrogen (secondary N) is 2. The summed E-state index contributed by atoms with van der Waals surface area (Å²) < 4.78 is 0. The highest BCUT2D eigenvalue weighted by atomic mass is 16.1. The van der Waals surface area contributed by atoms with Crippen molar-refractivity contribution in [2.45, 2.75) is 20.4 Å². The van der Waals surface area contributed by atoms with E-state index in [0.29, 0.717) is 12.1 Å². The van der Waals surface area contributed by atoms with Gasteiger partial charge in [-0.25, -0.2) is 0 Å². The Bertz CT molecular complexity index is 878. The fourth-order valence-electron chi connectivity index (χ4n) is 2.39. The zero-order valence-corrected chi connectivity index (χ0v) is 14.3. The number of aryl methyl sites for hydroxylation is 2. The molecule has 0 aliphatic rings. The average Bonchev–Trinajstić information content (AvgIpc) is 2.64. The van der Waals surface area contributed by atoms with Gasteiger partial charge in [-0.05, 0) is 54.8 Å². The minimum absolute atomic E-state index is 0.180. The highest BCUT2D eigenvalue weighted by Crippen LogP contribution is 2.16. The van der Waals surface area contributed by atoms with E-state index in [0.717, 1.165) is 22.5 Å². The van der Waals surface area contributed by atoms with E-state index in [-0.39, 0.29) is 5.91 Å². The maximum Gasteiger partial charge on any atom is 0.257 e. The van der Waals surface area contributed by atoms with Gasteiger partial charge in [0.2, 0.25) is 0 Å². The van der Waals surface area contributed by atoms with Crippen molar-refractivity contribution in [1.82, 2.24) is 9.97 Å². The number of hydrogen-bond acceptors (Lipinski definition) is 4. The van der Waals surface area contributed by atoms with Crippen LogP contribution in [0.1, 0.15) is 27.0 Å². The van der Waals surface area contributed by atoms with Gasteiger partial charge in [-0.2, -0.15) is 0 Å². The van der Waals surface area contributed by atoms with Crippen molar-refractivity contribution in [2.24, 2.45) is 0 Å². The topological polar surface area (TPSA) is 66.9 Å². The lowest BCUT2D eigenvalue weighted by atomic mass is 10.1. The number of rotatable bonds is 5.